The van der Waals surface area contributed by atoms with Crippen molar-refractivity contribution in [2.45, 2.75) is 31.7 Å². The Morgan fingerprint density at radius 3 is 2.86 bits per heavy atom. The maximum Gasteiger partial charge on any atom is 0.305 e. The summed E-state index contributed by atoms with van der Waals surface area (Å²) < 4.78 is 7.72. The summed E-state index contributed by atoms with van der Waals surface area (Å²) in [6.45, 7) is 1.47. The highest BCUT2D eigenvalue weighted by molar-refractivity contribution is 5.81. The first-order valence-corrected chi connectivity index (χ1v) is 12.4. The van der Waals surface area contributed by atoms with Gasteiger partial charge < -0.3 is 15.2 Å². The first-order chi connectivity index (χ1) is 18.1. The lowest BCUT2D eigenvalue weighted by Crippen LogP contribution is -2.18. The fourth-order valence-electron chi connectivity index (χ4n) is 4.76. The van der Waals surface area contributed by atoms with Crippen LogP contribution in [0.25, 0.3) is 21.9 Å². The minimum atomic E-state index is -0.936. The molecule has 0 saturated carbocycles. The van der Waals surface area contributed by atoms with Gasteiger partial charge in [-0.25, -0.2) is 9.97 Å². The number of nitrogens with zero attached hydrogens (tertiary/aromatic N) is 5. The Hall–Kier alpha value is -4.53. The highest BCUT2D eigenvalue weighted by Gasteiger charge is 2.23. The summed E-state index contributed by atoms with van der Waals surface area (Å²) in [5.74, 6) is 0.780. The number of pyridine rings is 1. The van der Waals surface area contributed by atoms with Gasteiger partial charge in [-0.2, -0.15) is 5.10 Å². The predicted molar refractivity (Wildman–Crippen MR) is 140 cm³/mol. The number of carboxylic acid groups (broad SMARTS) is 1. The van der Waals surface area contributed by atoms with Crippen molar-refractivity contribution in [3.8, 4) is 5.75 Å². The fourth-order valence-corrected chi connectivity index (χ4v) is 4.76. The van der Waals surface area contributed by atoms with Crippen molar-refractivity contribution >= 4 is 33.7 Å². The van der Waals surface area contributed by atoms with E-state index in [0.29, 0.717) is 24.2 Å². The lowest BCUT2D eigenvalue weighted by Gasteiger charge is -2.17. The number of nitrogens with one attached hydrogen (secondary N) is 1. The second-order valence-electron chi connectivity index (χ2n) is 9.15. The summed E-state index contributed by atoms with van der Waals surface area (Å²) in [5, 5.41) is 18.4. The van der Waals surface area contributed by atoms with E-state index in [1.165, 1.54) is 5.56 Å². The van der Waals surface area contributed by atoms with Crippen LogP contribution in [0.5, 0.6) is 5.75 Å². The molecule has 0 fully saturated rings. The summed E-state index contributed by atoms with van der Waals surface area (Å²) in [5.41, 5.74) is 5.10. The number of aliphatic carboxylic acids is 1. The molecule has 6 rings (SSSR count). The third-order valence-electron chi connectivity index (χ3n) is 6.62. The molecule has 9 heteroatoms. The summed E-state index contributed by atoms with van der Waals surface area (Å²) in [6.07, 6.45) is 6.11. The molecule has 3 aromatic heterocycles. The number of aryl methyl sites for hydroxylation is 1. The Kier molecular flexibility index (Phi) is 6.10. The number of para-hydroxylation sites is 2. The van der Waals surface area contributed by atoms with Gasteiger partial charge >= 0.3 is 5.97 Å². The zero-order valence-electron chi connectivity index (χ0n) is 20.2. The van der Waals surface area contributed by atoms with Crippen LogP contribution in [0.3, 0.4) is 0 Å². The van der Waals surface area contributed by atoms with Gasteiger partial charge in [0.25, 0.3) is 0 Å². The molecule has 1 atom stereocenters. The molecule has 9 nitrogen and oxygen atoms in total. The number of hydrogen-bond donors (Lipinski definition) is 2. The van der Waals surface area contributed by atoms with Gasteiger partial charge in [-0.05, 0) is 54.8 Å². The van der Waals surface area contributed by atoms with E-state index in [4.69, 9.17) is 9.72 Å². The van der Waals surface area contributed by atoms with Crippen LogP contribution in [-0.4, -0.2) is 49.0 Å². The van der Waals surface area contributed by atoms with Gasteiger partial charge in [0.15, 0.2) is 0 Å². The highest BCUT2D eigenvalue weighted by atomic mass is 16.5. The number of carbonyl (C=O) groups is 1. The molecule has 186 valence electrons. The van der Waals surface area contributed by atoms with Gasteiger partial charge in [-0.3, -0.25) is 14.5 Å². The number of rotatable bonds is 8. The molecule has 5 aromatic rings. The van der Waals surface area contributed by atoms with E-state index in [1.54, 1.807) is 17.1 Å². The summed E-state index contributed by atoms with van der Waals surface area (Å²) in [7, 11) is 0. The van der Waals surface area contributed by atoms with Gasteiger partial charge in [0, 0.05) is 24.0 Å². The summed E-state index contributed by atoms with van der Waals surface area (Å²) in [6, 6.07) is 16.9. The molecule has 2 N–H and O–H groups in total. The largest absolute Gasteiger partial charge is 0.493 e. The van der Waals surface area contributed by atoms with Gasteiger partial charge in [0.05, 0.1) is 47.7 Å². The van der Waals surface area contributed by atoms with Crippen molar-refractivity contribution in [2.24, 2.45) is 0 Å². The van der Waals surface area contributed by atoms with Crippen LogP contribution in [0.2, 0.25) is 0 Å². The van der Waals surface area contributed by atoms with E-state index in [2.05, 4.69) is 32.5 Å². The smallest absolute Gasteiger partial charge is 0.305 e. The topological polar surface area (TPSA) is 115 Å². The average Bonchev–Trinajstić information content (AvgIpc) is 3.34. The van der Waals surface area contributed by atoms with E-state index < -0.39 is 12.0 Å². The number of aromatic nitrogens is 5. The fraction of sp³-hybridized carbons (Fsp3) is 0.250. The Balaban J connectivity index is 1.21. The SMILES string of the molecule is O=C(O)C[C@H](c1cnc2ccccc2n1)n1ncc2cc(OCCc3ccc4c(n3)NCCC4)ccc21. The molecule has 0 unspecified atom stereocenters. The van der Waals surface area contributed by atoms with Crippen molar-refractivity contribution in [3.05, 3.63) is 83.9 Å². The predicted octanol–water partition coefficient (Wildman–Crippen LogP) is 4.42. The highest BCUT2D eigenvalue weighted by Crippen LogP contribution is 2.28. The molecule has 1 aliphatic rings. The van der Waals surface area contributed by atoms with Gasteiger partial charge in [-0.1, -0.05) is 18.2 Å². The standard InChI is InChI=1S/C28H26N6O3/c35-27(36)15-26(24-17-30-22-5-1-2-6-23(22)33-24)34-25-10-9-21(14-19(25)16-31-34)37-13-11-20-8-7-18-4-3-12-29-28(18)32-20/h1-2,5-10,14,16-17,26H,3-4,11-13,15H2,(H,29,32)(H,35,36)/t26-/m1/s1. The van der Waals surface area contributed by atoms with Crippen LogP contribution in [0.4, 0.5) is 5.82 Å². The normalized spacial score (nSPS) is 13.7. The Morgan fingerprint density at radius 1 is 1.08 bits per heavy atom. The van der Waals surface area contributed by atoms with E-state index >= 15 is 0 Å². The minimum Gasteiger partial charge on any atom is -0.493 e. The first-order valence-electron chi connectivity index (χ1n) is 12.4. The summed E-state index contributed by atoms with van der Waals surface area (Å²) >= 11 is 0. The number of ether oxygens (including phenoxy) is 1. The maximum absolute atomic E-state index is 11.7. The van der Waals surface area contributed by atoms with Gasteiger partial charge in [-0.15, -0.1) is 0 Å². The average molecular weight is 495 g/mol. The monoisotopic (exact) mass is 494 g/mol. The number of fused-ring (bicyclic) bond motifs is 3. The molecule has 1 aliphatic heterocycles. The minimum absolute atomic E-state index is 0.162. The molecule has 0 amide bonds. The second kappa shape index (κ2) is 9.85. The molecule has 0 bridgehead atoms. The van der Waals surface area contributed by atoms with E-state index in [1.807, 2.05) is 42.5 Å². The molecular weight excluding hydrogens is 468 g/mol. The van der Waals surface area contributed by atoms with Crippen LogP contribution in [0, 0.1) is 0 Å². The van der Waals surface area contributed by atoms with E-state index in [9.17, 15) is 9.90 Å². The van der Waals surface area contributed by atoms with Crippen molar-refractivity contribution in [1.82, 2.24) is 24.7 Å². The van der Waals surface area contributed by atoms with Gasteiger partial charge in [0.2, 0.25) is 0 Å². The quantitative estimate of drug-likeness (QED) is 0.326. The molecule has 0 radical (unpaired) electrons. The third kappa shape index (κ3) is 4.80. The van der Waals surface area contributed by atoms with Crippen molar-refractivity contribution in [1.29, 1.82) is 0 Å². The molecular formula is C28H26N6O3. The van der Waals surface area contributed by atoms with Crippen LogP contribution >= 0.6 is 0 Å². The zero-order valence-corrected chi connectivity index (χ0v) is 20.2. The van der Waals surface area contributed by atoms with Crippen LogP contribution in [0.15, 0.2) is 67.0 Å². The second-order valence-corrected chi connectivity index (χ2v) is 9.15. The Bertz CT molecular complexity index is 1600. The number of carboxylic acids is 1. The lowest BCUT2D eigenvalue weighted by atomic mass is 10.1. The molecule has 0 aliphatic carbocycles. The Labute approximate surface area is 213 Å². The number of benzene rings is 2. The third-order valence-corrected chi connectivity index (χ3v) is 6.62. The van der Waals surface area contributed by atoms with Crippen LogP contribution < -0.4 is 10.1 Å². The maximum atomic E-state index is 11.7. The molecule has 4 heterocycles. The van der Waals surface area contributed by atoms with Crippen molar-refractivity contribution in [3.63, 3.8) is 0 Å². The first kappa shape index (κ1) is 22.9. The molecule has 0 spiro atoms. The van der Waals surface area contributed by atoms with Crippen LogP contribution in [0.1, 0.15) is 35.8 Å². The molecule has 37 heavy (non-hydrogen) atoms. The zero-order chi connectivity index (χ0) is 25.2. The van der Waals surface area contributed by atoms with Crippen LogP contribution in [-0.2, 0) is 17.6 Å². The van der Waals surface area contributed by atoms with Gasteiger partial charge in [0.1, 0.15) is 17.6 Å². The summed E-state index contributed by atoms with van der Waals surface area (Å²) in [4.78, 5) is 25.6. The lowest BCUT2D eigenvalue weighted by molar-refractivity contribution is -0.137. The van der Waals surface area contributed by atoms with E-state index in [-0.39, 0.29) is 6.42 Å². The number of anilines is 1. The molecule has 2 aromatic carbocycles. The number of hydrogen-bond acceptors (Lipinski definition) is 7. The van der Waals surface area contributed by atoms with Crippen molar-refractivity contribution in [2.75, 3.05) is 18.5 Å². The van der Waals surface area contributed by atoms with E-state index in [0.717, 1.165) is 53.1 Å². The Morgan fingerprint density at radius 2 is 1.97 bits per heavy atom. The van der Waals surface area contributed by atoms with Crippen molar-refractivity contribution < 1.29 is 14.6 Å². The molecule has 0 saturated heterocycles.